The first kappa shape index (κ1) is 26.2. The van der Waals surface area contributed by atoms with Crippen molar-refractivity contribution in [2.75, 3.05) is 32.5 Å². The highest BCUT2D eigenvalue weighted by molar-refractivity contribution is 8.01. The van der Waals surface area contributed by atoms with Crippen molar-refractivity contribution in [3.63, 3.8) is 0 Å². The zero-order valence-corrected chi connectivity index (χ0v) is 22.1. The molecule has 1 aliphatic rings. The van der Waals surface area contributed by atoms with Gasteiger partial charge in [0, 0.05) is 42.4 Å². The van der Waals surface area contributed by atoms with Gasteiger partial charge in [-0.1, -0.05) is 17.7 Å². The number of rotatable bonds is 11. The van der Waals surface area contributed by atoms with Gasteiger partial charge in [0.2, 0.25) is 0 Å². The topological polar surface area (TPSA) is 82.9 Å². The molecule has 3 atom stereocenters. The average Bonchev–Trinajstić information content (AvgIpc) is 3.36. The number of aromatic nitrogens is 1. The molecule has 3 aromatic rings. The molecule has 0 radical (unpaired) electrons. The van der Waals surface area contributed by atoms with E-state index in [-0.39, 0.29) is 18.3 Å². The van der Waals surface area contributed by atoms with Crippen LogP contribution in [0.2, 0.25) is 5.02 Å². The number of hydrogen-bond donors (Lipinski definition) is 2. The van der Waals surface area contributed by atoms with Crippen LogP contribution in [0, 0.1) is 11.8 Å². The molecule has 0 unspecified atom stereocenters. The van der Waals surface area contributed by atoms with Crippen LogP contribution in [0.25, 0.3) is 10.9 Å². The Morgan fingerprint density at radius 1 is 1.37 bits per heavy atom. The number of aliphatic hydroxyl groups excluding tert-OH is 1. The van der Waals surface area contributed by atoms with Crippen LogP contribution in [-0.4, -0.2) is 58.6 Å². The molecule has 1 saturated heterocycles. The first-order valence-electron chi connectivity index (χ1n) is 11.8. The van der Waals surface area contributed by atoms with E-state index in [1.807, 2.05) is 30.0 Å². The van der Waals surface area contributed by atoms with E-state index in [0.29, 0.717) is 22.8 Å². The molecule has 1 aliphatic heterocycles. The van der Waals surface area contributed by atoms with Gasteiger partial charge in [-0.05, 0) is 67.3 Å². The van der Waals surface area contributed by atoms with Crippen LogP contribution in [0.1, 0.15) is 37.4 Å². The maximum atomic E-state index is 11.6. The smallest absolute Gasteiger partial charge is 0.303 e. The lowest BCUT2D eigenvalue weighted by atomic mass is 9.79. The SMILES string of the molecule is COc1ccc2ncc(Cl)c([C@@H](O)CC[C@@H]3CCN(CCSc4cccs4)C[C@@H]3CC(=O)O)c2c1. The highest BCUT2D eigenvalue weighted by atomic mass is 35.5. The van der Waals surface area contributed by atoms with E-state index < -0.39 is 12.1 Å². The molecule has 3 heterocycles. The van der Waals surface area contributed by atoms with Crippen molar-refractivity contribution in [3.05, 3.63) is 52.5 Å². The number of benzene rings is 1. The maximum Gasteiger partial charge on any atom is 0.303 e. The Morgan fingerprint density at radius 2 is 2.23 bits per heavy atom. The van der Waals surface area contributed by atoms with Crippen LogP contribution < -0.4 is 4.74 Å². The van der Waals surface area contributed by atoms with Crippen LogP contribution in [0.4, 0.5) is 0 Å². The van der Waals surface area contributed by atoms with Gasteiger partial charge < -0.3 is 19.8 Å². The van der Waals surface area contributed by atoms with Crippen molar-refractivity contribution in [2.45, 2.75) is 36.0 Å². The lowest BCUT2D eigenvalue weighted by Crippen LogP contribution is -2.42. The van der Waals surface area contributed by atoms with E-state index in [2.05, 4.69) is 27.4 Å². The maximum absolute atomic E-state index is 11.6. The van der Waals surface area contributed by atoms with Gasteiger partial charge in [0.1, 0.15) is 5.75 Å². The third-order valence-corrected chi connectivity index (χ3v) is 9.18. The number of piperidine rings is 1. The Bertz CT molecular complexity index is 1130. The number of carboxylic acids is 1. The fourth-order valence-electron chi connectivity index (χ4n) is 4.97. The lowest BCUT2D eigenvalue weighted by Gasteiger charge is -2.38. The minimum Gasteiger partial charge on any atom is -0.497 e. The third-order valence-electron chi connectivity index (χ3n) is 6.77. The van der Waals surface area contributed by atoms with Crippen molar-refractivity contribution >= 4 is 51.6 Å². The summed E-state index contributed by atoms with van der Waals surface area (Å²) < 4.78 is 6.66. The summed E-state index contributed by atoms with van der Waals surface area (Å²) >= 11 is 10.1. The highest BCUT2D eigenvalue weighted by Crippen LogP contribution is 2.37. The molecule has 2 N–H and O–H groups in total. The van der Waals surface area contributed by atoms with Gasteiger partial charge in [-0.25, -0.2) is 0 Å². The molecular weight excluding hydrogens is 504 g/mol. The Labute approximate surface area is 219 Å². The summed E-state index contributed by atoms with van der Waals surface area (Å²) in [6, 6.07) is 9.74. The molecule has 0 saturated carbocycles. The van der Waals surface area contributed by atoms with Gasteiger partial charge in [-0.3, -0.25) is 9.78 Å². The molecule has 2 aromatic heterocycles. The number of methoxy groups -OCH3 is 1. The summed E-state index contributed by atoms with van der Waals surface area (Å²) in [4.78, 5) is 18.4. The molecule has 0 spiro atoms. The van der Waals surface area contributed by atoms with E-state index >= 15 is 0 Å². The molecule has 1 aromatic carbocycles. The molecule has 35 heavy (non-hydrogen) atoms. The van der Waals surface area contributed by atoms with E-state index in [0.717, 1.165) is 49.1 Å². The number of fused-ring (bicyclic) bond motifs is 1. The molecular formula is C26H31ClN2O4S2. The van der Waals surface area contributed by atoms with Gasteiger partial charge in [-0.2, -0.15) is 0 Å². The second kappa shape index (κ2) is 12.4. The number of aliphatic carboxylic acids is 1. The first-order chi connectivity index (χ1) is 16.9. The summed E-state index contributed by atoms with van der Waals surface area (Å²) in [5, 5.41) is 24.0. The number of nitrogens with zero attached hydrogens (tertiary/aromatic N) is 2. The van der Waals surface area contributed by atoms with Crippen molar-refractivity contribution in [2.24, 2.45) is 11.8 Å². The Balaban J connectivity index is 1.39. The van der Waals surface area contributed by atoms with Gasteiger partial charge in [0.05, 0.1) is 28.0 Å². The zero-order valence-electron chi connectivity index (χ0n) is 19.7. The van der Waals surface area contributed by atoms with Crippen LogP contribution >= 0.6 is 34.7 Å². The summed E-state index contributed by atoms with van der Waals surface area (Å²) in [6.07, 6.45) is 3.19. The summed E-state index contributed by atoms with van der Waals surface area (Å²) in [7, 11) is 1.60. The minimum atomic E-state index is -0.759. The largest absolute Gasteiger partial charge is 0.497 e. The minimum absolute atomic E-state index is 0.0740. The molecule has 1 fully saturated rings. The monoisotopic (exact) mass is 534 g/mol. The number of thiophene rings is 1. The number of likely N-dealkylation sites (tertiary alicyclic amines) is 1. The van der Waals surface area contributed by atoms with E-state index in [1.165, 1.54) is 4.21 Å². The number of thioether (sulfide) groups is 1. The van der Waals surface area contributed by atoms with Gasteiger partial charge >= 0.3 is 5.97 Å². The van der Waals surface area contributed by atoms with Crippen molar-refractivity contribution in [3.8, 4) is 5.75 Å². The second-order valence-electron chi connectivity index (χ2n) is 8.98. The fourth-order valence-corrected chi connectivity index (χ4v) is 7.10. The Morgan fingerprint density at radius 3 is 2.97 bits per heavy atom. The Hall–Kier alpha value is -1.84. The van der Waals surface area contributed by atoms with Gasteiger partial charge in [-0.15, -0.1) is 23.1 Å². The van der Waals surface area contributed by atoms with Crippen LogP contribution in [-0.2, 0) is 4.79 Å². The number of ether oxygens (including phenoxy) is 1. The van der Waals surface area contributed by atoms with Crippen LogP contribution in [0.3, 0.4) is 0 Å². The Kier molecular flexibility index (Phi) is 9.30. The molecule has 0 aliphatic carbocycles. The molecule has 9 heteroatoms. The predicted octanol–water partition coefficient (Wildman–Crippen LogP) is 5.98. The quantitative estimate of drug-likeness (QED) is 0.293. The summed E-state index contributed by atoms with van der Waals surface area (Å²) in [5.41, 5.74) is 1.41. The number of carbonyl (C=O) groups is 1. The standard InChI is InChI=1S/C26H31ClN2O4S2/c1-33-19-5-6-22-20(14-19)26(21(27)15-28-22)23(30)7-4-17-8-9-29(16-18(17)13-24(31)32)10-12-35-25-3-2-11-34-25/h2-3,5-6,11,14-15,17-18,23,30H,4,7-10,12-13,16H2,1H3,(H,31,32)/t17-,18+,23+/m1/s1. The van der Waals surface area contributed by atoms with Gasteiger partial charge in [0.25, 0.3) is 0 Å². The predicted molar refractivity (Wildman–Crippen MR) is 143 cm³/mol. The number of hydrogen-bond acceptors (Lipinski definition) is 7. The molecule has 0 bridgehead atoms. The number of aliphatic hydroxyl groups is 1. The molecule has 4 rings (SSSR count). The third kappa shape index (κ3) is 6.89. The fraction of sp³-hybridized carbons (Fsp3) is 0.462. The van der Waals surface area contributed by atoms with E-state index in [4.69, 9.17) is 16.3 Å². The highest BCUT2D eigenvalue weighted by Gasteiger charge is 2.31. The molecule has 0 amide bonds. The second-order valence-corrected chi connectivity index (χ2v) is 11.7. The zero-order chi connectivity index (χ0) is 24.8. The first-order valence-corrected chi connectivity index (χ1v) is 14.1. The van der Waals surface area contributed by atoms with Crippen molar-refractivity contribution < 1.29 is 19.7 Å². The number of halogens is 1. The van der Waals surface area contributed by atoms with Crippen LogP contribution in [0.15, 0.2) is 46.1 Å². The van der Waals surface area contributed by atoms with E-state index in [9.17, 15) is 15.0 Å². The number of pyridine rings is 1. The molecule has 6 nitrogen and oxygen atoms in total. The summed E-state index contributed by atoms with van der Waals surface area (Å²) in [6.45, 7) is 2.70. The normalized spacial score (nSPS) is 19.6. The average molecular weight is 535 g/mol. The number of carboxylic acid groups (broad SMARTS) is 1. The lowest BCUT2D eigenvalue weighted by molar-refractivity contribution is -0.139. The van der Waals surface area contributed by atoms with Gasteiger partial charge in [0.15, 0.2) is 0 Å². The van der Waals surface area contributed by atoms with Crippen molar-refractivity contribution in [1.29, 1.82) is 0 Å². The molecule has 188 valence electrons. The van der Waals surface area contributed by atoms with E-state index in [1.54, 1.807) is 24.6 Å². The van der Waals surface area contributed by atoms with Crippen LogP contribution in [0.5, 0.6) is 5.75 Å². The van der Waals surface area contributed by atoms with Crippen molar-refractivity contribution in [1.82, 2.24) is 9.88 Å². The summed E-state index contributed by atoms with van der Waals surface area (Å²) in [5.74, 6) is 1.25.